The van der Waals surface area contributed by atoms with Gasteiger partial charge in [0.05, 0.1) is 11.4 Å². The summed E-state index contributed by atoms with van der Waals surface area (Å²) in [6.45, 7) is 0.828. The zero-order valence-corrected chi connectivity index (χ0v) is 11.1. The van der Waals surface area contributed by atoms with Crippen molar-refractivity contribution in [2.24, 2.45) is 5.73 Å². The monoisotopic (exact) mass is 297 g/mol. The fraction of sp³-hybridized carbons (Fsp3) is 0.417. The van der Waals surface area contributed by atoms with E-state index < -0.39 is 0 Å². The normalized spacial score (nSPS) is 20.3. The number of amides is 1. The van der Waals surface area contributed by atoms with E-state index in [1.54, 1.807) is 0 Å². The van der Waals surface area contributed by atoms with Gasteiger partial charge in [-0.05, 0) is 37.5 Å². The number of primary amides is 1. The molecule has 0 bridgehead atoms. The quantitative estimate of drug-likeness (QED) is 0.819. The van der Waals surface area contributed by atoms with Crippen molar-refractivity contribution in [3.63, 3.8) is 0 Å². The highest BCUT2D eigenvalue weighted by atomic mass is 79.9. The third-order valence-electron chi connectivity index (χ3n) is 3.13. The highest BCUT2D eigenvalue weighted by Gasteiger charge is 2.28. The number of anilines is 2. The second-order valence-corrected chi connectivity index (χ2v) is 5.23. The molecule has 1 atom stereocenters. The molecule has 1 aliphatic heterocycles. The number of nitrogens with two attached hydrogens (primary N) is 2. The number of carbonyl (C=O) groups is 1. The van der Waals surface area contributed by atoms with Crippen LogP contribution in [0.5, 0.6) is 0 Å². The van der Waals surface area contributed by atoms with Crippen molar-refractivity contribution < 1.29 is 4.79 Å². The largest absolute Gasteiger partial charge is 0.397 e. The molecule has 0 radical (unpaired) electrons. The Morgan fingerprint density at radius 3 is 2.88 bits per heavy atom. The van der Waals surface area contributed by atoms with Gasteiger partial charge >= 0.3 is 0 Å². The van der Waals surface area contributed by atoms with E-state index in [2.05, 4.69) is 15.9 Å². The number of piperidine rings is 1. The van der Waals surface area contributed by atoms with Gasteiger partial charge in [-0.15, -0.1) is 0 Å². The number of halogens is 1. The van der Waals surface area contributed by atoms with Crippen molar-refractivity contribution in [2.75, 3.05) is 17.2 Å². The highest BCUT2D eigenvalue weighted by molar-refractivity contribution is 9.10. The van der Waals surface area contributed by atoms with Crippen molar-refractivity contribution in [1.29, 1.82) is 0 Å². The van der Waals surface area contributed by atoms with Crippen molar-refractivity contribution in [3.8, 4) is 0 Å². The number of carbonyl (C=O) groups excluding carboxylic acids is 1. The standard InChI is InChI=1S/C12H16BrN3O/c13-8-4-5-9(14)11(7-8)16-6-2-1-3-10(16)12(15)17/h4-5,7,10H,1-3,6,14H2,(H2,15,17). The number of benzene rings is 1. The number of hydrogen-bond acceptors (Lipinski definition) is 3. The van der Waals surface area contributed by atoms with Crippen LogP contribution in [0.2, 0.25) is 0 Å². The van der Waals surface area contributed by atoms with E-state index in [-0.39, 0.29) is 11.9 Å². The van der Waals surface area contributed by atoms with Crippen LogP contribution in [0.4, 0.5) is 11.4 Å². The average Bonchev–Trinajstić information content (AvgIpc) is 2.32. The first-order chi connectivity index (χ1) is 8.09. The smallest absolute Gasteiger partial charge is 0.240 e. The van der Waals surface area contributed by atoms with E-state index in [9.17, 15) is 4.79 Å². The van der Waals surface area contributed by atoms with Crippen LogP contribution in [-0.2, 0) is 4.79 Å². The summed E-state index contributed by atoms with van der Waals surface area (Å²) in [7, 11) is 0. The molecule has 17 heavy (non-hydrogen) atoms. The number of rotatable bonds is 2. The van der Waals surface area contributed by atoms with Crippen LogP contribution >= 0.6 is 15.9 Å². The number of hydrogen-bond donors (Lipinski definition) is 2. The third kappa shape index (κ3) is 2.54. The molecule has 1 amide bonds. The maximum atomic E-state index is 11.5. The molecule has 0 aromatic heterocycles. The zero-order valence-electron chi connectivity index (χ0n) is 9.53. The summed E-state index contributed by atoms with van der Waals surface area (Å²) in [5.74, 6) is -0.274. The lowest BCUT2D eigenvalue weighted by atomic mass is 10.0. The van der Waals surface area contributed by atoms with Gasteiger partial charge in [-0.3, -0.25) is 4.79 Å². The summed E-state index contributed by atoms with van der Waals surface area (Å²) in [5.41, 5.74) is 13.0. The minimum absolute atomic E-state index is 0.236. The summed E-state index contributed by atoms with van der Waals surface area (Å²) in [4.78, 5) is 13.5. The van der Waals surface area contributed by atoms with Gasteiger partial charge in [0.1, 0.15) is 6.04 Å². The molecule has 92 valence electrons. The van der Waals surface area contributed by atoms with E-state index in [4.69, 9.17) is 11.5 Å². The van der Waals surface area contributed by atoms with Gasteiger partial charge in [-0.25, -0.2) is 0 Å². The summed E-state index contributed by atoms with van der Waals surface area (Å²) in [5, 5.41) is 0. The topological polar surface area (TPSA) is 72.4 Å². The van der Waals surface area contributed by atoms with Crippen molar-refractivity contribution in [3.05, 3.63) is 22.7 Å². The van der Waals surface area contributed by atoms with E-state index in [1.165, 1.54) is 0 Å². The Morgan fingerprint density at radius 1 is 1.41 bits per heavy atom. The third-order valence-corrected chi connectivity index (χ3v) is 3.63. The first-order valence-electron chi connectivity index (χ1n) is 5.70. The molecule has 0 aliphatic carbocycles. The molecular formula is C12H16BrN3O. The minimum atomic E-state index is -0.274. The summed E-state index contributed by atoms with van der Waals surface area (Å²) in [6.07, 6.45) is 2.91. The summed E-state index contributed by atoms with van der Waals surface area (Å²) >= 11 is 3.42. The summed E-state index contributed by atoms with van der Waals surface area (Å²) in [6, 6.07) is 5.44. The van der Waals surface area contributed by atoms with Crippen LogP contribution in [-0.4, -0.2) is 18.5 Å². The van der Waals surface area contributed by atoms with E-state index in [0.29, 0.717) is 5.69 Å². The Morgan fingerprint density at radius 2 is 2.18 bits per heavy atom. The van der Waals surface area contributed by atoms with Crippen molar-refractivity contribution in [2.45, 2.75) is 25.3 Å². The molecular weight excluding hydrogens is 282 g/mol. The van der Waals surface area contributed by atoms with Gasteiger partial charge < -0.3 is 16.4 Å². The van der Waals surface area contributed by atoms with Crippen molar-refractivity contribution >= 4 is 33.2 Å². The van der Waals surface area contributed by atoms with Gasteiger partial charge in [0.25, 0.3) is 0 Å². The predicted octanol–water partition coefficient (Wildman–Crippen LogP) is 1.88. The van der Waals surface area contributed by atoms with Crippen LogP contribution < -0.4 is 16.4 Å². The van der Waals surface area contributed by atoms with Gasteiger partial charge in [0.2, 0.25) is 5.91 Å². The molecule has 1 aromatic rings. The molecule has 4 nitrogen and oxygen atoms in total. The molecule has 2 rings (SSSR count). The number of nitrogens with zero attached hydrogens (tertiary/aromatic N) is 1. The van der Waals surface area contributed by atoms with E-state index >= 15 is 0 Å². The lowest BCUT2D eigenvalue weighted by Crippen LogP contribution is -2.48. The van der Waals surface area contributed by atoms with Crippen LogP contribution in [0, 0.1) is 0 Å². The SMILES string of the molecule is NC(=O)C1CCCCN1c1cc(Br)ccc1N. The Hall–Kier alpha value is -1.23. The molecule has 1 fully saturated rings. The molecule has 1 aliphatic rings. The van der Waals surface area contributed by atoms with Crippen molar-refractivity contribution in [1.82, 2.24) is 0 Å². The molecule has 5 heteroatoms. The molecule has 0 spiro atoms. The van der Waals surface area contributed by atoms with Crippen LogP contribution in [0.15, 0.2) is 22.7 Å². The first kappa shape index (κ1) is 12.2. The summed E-state index contributed by atoms with van der Waals surface area (Å²) < 4.78 is 0.954. The second kappa shape index (κ2) is 4.96. The average molecular weight is 298 g/mol. The Balaban J connectivity index is 2.35. The first-order valence-corrected chi connectivity index (χ1v) is 6.50. The fourth-order valence-electron chi connectivity index (χ4n) is 2.28. The fourth-order valence-corrected chi connectivity index (χ4v) is 2.63. The Bertz CT molecular complexity index is 436. The highest BCUT2D eigenvalue weighted by Crippen LogP contribution is 2.31. The Labute approximate surface area is 109 Å². The van der Waals surface area contributed by atoms with Gasteiger partial charge in [-0.2, -0.15) is 0 Å². The van der Waals surface area contributed by atoms with Gasteiger partial charge in [-0.1, -0.05) is 15.9 Å². The molecule has 1 heterocycles. The van der Waals surface area contributed by atoms with Crippen LogP contribution in [0.1, 0.15) is 19.3 Å². The second-order valence-electron chi connectivity index (χ2n) is 4.31. The van der Waals surface area contributed by atoms with Crippen LogP contribution in [0.3, 0.4) is 0 Å². The lowest BCUT2D eigenvalue weighted by Gasteiger charge is -2.36. The Kier molecular flexibility index (Phi) is 3.57. The predicted molar refractivity (Wildman–Crippen MR) is 72.7 cm³/mol. The van der Waals surface area contributed by atoms with E-state index in [0.717, 1.165) is 36.0 Å². The molecule has 1 unspecified atom stereocenters. The van der Waals surface area contributed by atoms with Gasteiger partial charge in [0.15, 0.2) is 0 Å². The van der Waals surface area contributed by atoms with Crippen LogP contribution in [0.25, 0.3) is 0 Å². The van der Waals surface area contributed by atoms with E-state index in [1.807, 2.05) is 23.1 Å². The zero-order chi connectivity index (χ0) is 12.4. The van der Waals surface area contributed by atoms with Gasteiger partial charge in [0, 0.05) is 11.0 Å². The minimum Gasteiger partial charge on any atom is -0.397 e. The maximum absolute atomic E-state index is 11.5. The maximum Gasteiger partial charge on any atom is 0.240 e. The molecule has 0 saturated carbocycles. The number of nitrogen functional groups attached to an aromatic ring is 1. The molecule has 1 aromatic carbocycles. The lowest BCUT2D eigenvalue weighted by molar-refractivity contribution is -0.119. The molecule has 1 saturated heterocycles. The molecule has 4 N–H and O–H groups in total.